The molecule has 0 bridgehead atoms. The van der Waals surface area contributed by atoms with E-state index in [4.69, 9.17) is 4.74 Å². The molecule has 4 nitrogen and oxygen atoms in total. The van der Waals surface area contributed by atoms with Crippen molar-refractivity contribution in [3.8, 4) is 17.1 Å². The predicted octanol–water partition coefficient (Wildman–Crippen LogP) is 5.14. The first-order valence-corrected chi connectivity index (χ1v) is 8.98. The van der Waals surface area contributed by atoms with Gasteiger partial charge in [0.2, 0.25) is 0 Å². The summed E-state index contributed by atoms with van der Waals surface area (Å²) in [4.78, 5) is 20.1. The summed E-state index contributed by atoms with van der Waals surface area (Å²) < 4.78 is 5.06. The van der Waals surface area contributed by atoms with Gasteiger partial charge in [-0.2, -0.15) is 0 Å². The van der Waals surface area contributed by atoms with Gasteiger partial charge < -0.3 is 4.74 Å². The van der Waals surface area contributed by atoms with Gasteiger partial charge in [0.25, 0.3) is 0 Å². The minimum atomic E-state index is -0.469. The number of esters is 1. The molecule has 2 aromatic rings. The van der Waals surface area contributed by atoms with E-state index in [9.17, 15) is 4.79 Å². The van der Waals surface area contributed by atoms with E-state index in [0.29, 0.717) is 11.6 Å². The van der Waals surface area contributed by atoms with Crippen LogP contribution in [0.1, 0.15) is 51.0 Å². The van der Waals surface area contributed by atoms with Crippen LogP contribution in [-0.2, 0) is 11.2 Å². The Balaban J connectivity index is 1.84. The number of nitrogens with zero attached hydrogens (tertiary/aromatic N) is 2. The zero-order valence-electron chi connectivity index (χ0n) is 14.9. The molecule has 2 rings (SSSR count). The monoisotopic (exact) mass is 338 g/mol. The van der Waals surface area contributed by atoms with Gasteiger partial charge in [0.05, 0.1) is 0 Å². The lowest BCUT2D eigenvalue weighted by atomic mass is 10.1. The summed E-state index contributed by atoms with van der Waals surface area (Å²) in [6, 6.07) is 7.14. The topological polar surface area (TPSA) is 52.1 Å². The molecule has 1 heterocycles. The van der Waals surface area contributed by atoms with Gasteiger partial charge in [-0.15, -0.1) is 0 Å². The molecule has 132 valence electrons. The average molecular weight is 338 g/mol. The zero-order chi connectivity index (χ0) is 17.9. The SMILES string of the molecule is C=CC(=O)Oc1ccc(-c2ncc(CCCCCCCC)cn2)cc1. The molecule has 0 fully saturated rings. The van der Waals surface area contributed by atoms with Crippen molar-refractivity contribution in [3.63, 3.8) is 0 Å². The highest BCUT2D eigenvalue weighted by Crippen LogP contribution is 2.19. The third-order valence-electron chi connectivity index (χ3n) is 4.02. The molecule has 0 spiro atoms. The van der Waals surface area contributed by atoms with Crippen molar-refractivity contribution in [2.45, 2.75) is 51.9 Å². The molecule has 4 heteroatoms. The van der Waals surface area contributed by atoms with Crippen molar-refractivity contribution in [2.75, 3.05) is 0 Å². The normalized spacial score (nSPS) is 10.4. The van der Waals surface area contributed by atoms with Crippen LogP contribution in [0, 0.1) is 0 Å². The third kappa shape index (κ3) is 6.49. The maximum absolute atomic E-state index is 11.2. The van der Waals surface area contributed by atoms with Gasteiger partial charge in [0, 0.05) is 24.0 Å². The first kappa shape index (κ1) is 18.8. The first-order chi connectivity index (χ1) is 12.2. The highest BCUT2D eigenvalue weighted by Gasteiger charge is 2.04. The predicted molar refractivity (Wildman–Crippen MR) is 100 cm³/mol. The fraction of sp³-hybridized carbons (Fsp3) is 0.381. The summed E-state index contributed by atoms with van der Waals surface area (Å²) >= 11 is 0. The van der Waals surface area contributed by atoms with E-state index < -0.39 is 5.97 Å². The van der Waals surface area contributed by atoms with Crippen molar-refractivity contribution in [3.05, 3.63) is 54.9 Å². The number of aromatic nitrogens is 2. The Hall–Kier alpha value is -2.49. The third-order valence-corrected chi connectivity index (χ3v) is 4.02. The second-order valence-electron chi connectivity index (χ2n) is 6.08. The molecule has 25 heavy (non-hydrogen) atoms. The lowest BCUT2D eigenvalue weighted by Gasteiger charge is -2.05. The summed E-state index contributed by atoms with van der Waals surface area (Å²) in [6.07, 6.45) is 13.7. The Morgan fingerprint density at radius 3 is 2.32 bits per heavy atom. The Labute approximate surface area is 150 Å². The molecular formula is C21H26N2O2. The van der Waals surface area contributed by atoms with Crippen molar-refractivity contribution in [1.29, 1.82) is 0 Å². The largest absolute Gasteiger partial charge is 0.423 e. The highest BCUT2D eigenvalue weighted by molar-refractivity contribution is 5.83. The Morgan fingerprint density at radius 1 is 1.04 bits per heavy atom. The van der Waals surface area contributed by atoms with Gasteiger partial charge in [0.1, 0.15) is 5.75 Å². The second kappa shape index (κ2) is 10.4. The number of unbranched alkanes of at least 4 members (excludes halogenated alkanes) is 5. The van der Waals surface area contributed by atoms with Gasteiger partial charge in [-0.3, -0.25) is 0 Å². The standard InChI is InChI=1S/C21H26N2O2/c1-3-5-6-7-8-9-10-17-15-22-21(23-16-17)18-11-13-19(14-12-18)25-20(24)4-2/h4,11-16H,2-3,5-10H2,1H3. The number of ether oxygens (including phenoxy) is 1. The average Bonchev–Trinajstić information content (AvgIpc) is 2.65. The number of carbonyl (C=O) groups is 1. The lowest BCUT2D eigenvalue weighted by Crippen LogP contribution is -2.02. The summed E-state index contributed by atoms with van der Waals surface area (Å²) in [6.45, 7) is 5.61. The van der Waals surface area contributed by atoms with Crippen LogP contribution in [0.4, 0.5) is 0 Å². The van der Waals surface area contributed by atoms with Crippen LogP contribution in [0.2, 0.25) is 0 Å². The van der Waals surface area contributed by atoms with Crippen LogP contribution in [0.5, 0.6) is 5.75 Å². The number of benzene rings is 1. The summed E-state index contributed by atoms with van der Waals surface area (Å²) in [7, 11) is 0. The molecule has 0 unspecified atom stereocenters. The number of rotatable bonds is 10. The first-order valence-electron chi connectivity index (χ1n) is 8.98. The number of carbonyl (C=O) groups excluding carboxylic acids is 1. The number of hydrogen-bond acceptors (Lipinski definition) is 4. The molecule has 0 atom stereocenters. The quantitative estimate of drug-likeness (QED) is 0.260. The summed E-state index contributed by atoms with van der Waals surface area (Å²) in [5, 5.41) is 0. The lowest BCUT2D eigenvalue weighted by molar-refractivity contribution is -0.128. The second-order valence-corrected chi connectivity index (χ2v) is 6.08. The fourth-order valence-electron chi connectivity index (χ4n) is 2.57. The van der Waals surface area contributed by atoms with E-state index in [1.807, 2.05) is 24.5 Å². The van der Waals surface area contributed by atoms with E-state index in [1.165, 1.54) is 44.1 Å². The number of aryl methyl sites for hydroxylation is 1. The minimum absolute atomic E-state index is 0.469. The van der Waals surface area contributed by atoms with Crippen LogP contribution in [0.3, 0.4) is 0 Å². The molecule has 0 radical (unpaired) electrons. The fourth-order valence-corrected chi connectivity index (χ4v) is 2.57. The van der Waals surface area contributed by atoms with Gasteiger partial charge >= 0.3 is 5.97 Å². The Bertz CT molecular complexity index is 663. The summed E-state index contributed by atoms with van der Waals surface area (Å²) in [5.74, 6) is 0.685. The summed E-state index contributed by atoms with van der Waals surface area (Å²) in [5.41, 5.74) is 2.07. The van der Waals surface area contributed by atoms with Crippen LogP contribution >= 0.6 is 0 Å². The van der Waals surface area contributed by atoms with Gasteiger partial charge in [0.15, 0.2) is 5.82 Å². The smallest absolute Gasteiger partial charge is 0.335 e. The molecule has 0 N–H and O–H groups in total. The van der Waals surface area contributed by atoms with E-state index >= 15 is 0 Å². The van der Waals surface area contributed by atoms with E-state index in [0.717, 1.165) is 18.1 Å². The highest BCUT2D eigenvalue weighted by atomic mass is 16.5. The minimum Gasteiger partial charge on any atom is -0.423 e. The van der Waals surface area contributed by atoms with Gasteiger partial charge in [-0.05, 0) is 42.7 Å². The maximum atomic E-state index is 11.2. The van der Waals surface area contributed by atoms with E-state index in [1.54, 1.807) is 12.1 Å². The molecule has 0 saturated heterocycles. The van der Waals surface area contributed by atoms with Crippen molar-refractivity contribution >= 4 is 5.97 Å². The Kier molecular flexibility index (Phi) is 7.83. The van der Waals surface area contributed by atoms with Crippen LogP contribution < -0.4 is 4.74 Å². The molecule has 1 aromatic carbocycles. The van der Waals surface area contributed by atoms with Crippen LogP contribution in [0.25, 0.3) is 11.4 Å². The van der Waals surface area contributed by atoms with E-state index in [-0.39, 0.29) is 0 Å². The zero-order valence-corrected chi connectivity index (χ0v) is 14.9. The van der Waals surface area contributed by atoms with Gasteiger partial charge in [-0.25, -0.2) is 14.8 Å². The molecular weight excluding hydrogens is 312 g/mol. The van der Waals surface area contributed by atoms with Crippen molar-refractivity contribution < 1.29 is 9.53 Å². The van der Waals surface area contributed by atoms with Gasteiger partial charge in [-0.1, -0.05) is 45.6 Å². The number of hydrogen-bond donors (Lipinski definition) is 0. The molecule has 0 aliphatic carbocycles. The molecule has 0 amide bonds. The molecule has 0 aliphatic rings. The molecule has 0 aliphatic heterocycles. The van der Waals surface area contributed by atoms with Crippen LogP contribution in [-0.4, -0.2) is 15.9 Å². The van der Waals surface area contributed by atoms with E-state index in [2.05, 4.69) is 23.5 Å². The molecule has 1 aromatic heterocycles. The van der Waals surface area contributed by atoms with Crippen LogP contribution in [0.15, 0.2) is 49.3 Å². The Morgan fingerprint density at radius 2 is 1.68 bits per heavy atom. The maximum Gasteiger partial charge on any atom is 0.335 e. The van der Waals surface area contributed by atoms with Crippen molar-refractivity contribution in [1.82, 2.24) is 9.97 Å². The molecule has 0 saturated carbocycles. The van der Waals surface area contributed by atoms with Crippen molar-refractivity contribution in [2.24, 2.45) is 0 Å².